The molecule has 5 nitrogen and oxygen atoms in total. The predicted octanol–water partition coefficient (Wildman–Crippen LogP) is 1.61. The lowest BCUT2D eigenvalue weighted by Crippen LogP contribution is -2.31. The van der Waals surface area contributed by atoms with E-state index in [4.69, 9.17) is 0 Å². The zero-order valence-corrected chi connectivity index (χ0v) is 14.8. The molecule has 0 saturated carbocycles. The molecule has 0 aliphatic rings. The highest BCUT2D eigenvalue weighted by Crippen LogP contribution is 2.16. The minimum Gasteiger partial charge on any atom is -0.352 e. The summed E-state index contributed by atoms with van der Waals surface area (Å²) >= 11 is 2.15. The summed E-state index contributed by atoms with van der Waals surface area (Å²) in [4.78, 5) is 12.0. The van der Waals surface area contributed by atoms with Crippen LogP contribution >= 0.6 is 22.6 Å². The largest absolute Gasteiger partial charge is 0.352 e. The fourth-order valence-corrected chi connectivity index (χ4v) is 2.65. The van der Waals surface area contributed by atoms with Gasteiger partial charge in [0.1, 0.15) is 0 Å². The number of hydrogen-bond acceptors (Lipinski definition) is 3. The third-order valence-corrected chi connectivity index (χ3v) is 5.68. The van der Waals surface area contributed by atoms with Crippen LogP contribution in [0, 0.1) is 10.5 Å². The average molecular weight is 410 g/mol. The topological polar surface area (TPSA) is 66.5 Å². The van der Waals surface area contributed by atoms with E-state index in [1.165, 1.54) is 17.6 Å². The molecule has 0 aliphatic carbocycles. The van der Waals surface area contributed by atoms with Crippen molar-refractivity contribution in [2.24, 2.45) is 0 Å². The number of aryl methyl sites for hydroxylation is 1. The Hall–Kier alpha value is -0.670. The van der Waals surface area contributed by atoms with Crippen LogP contribution in [-0.2, 0) is 10.0 Å². The molecular formula is C13H19IN2O3S. The van der Waals surface area contributed by atoms with E-state index in [-0.39, 0.29) is 5.91 Å². The molecule has 7 heteroatoms. The van der Waals surface area contributed by atoms with Gasteiger partial charge in [0.05, 0.1) is 11.8 Å². The predicted molar refractivity (Wildman–Crippen MR) is 88.3 cm³/mol. The molecule has 0 aliphatic heterocycles. The van der Waals surface area contributed by atoms with Crippen LogP contribution in [0.1, 0.15) is 22.3 Å². The zero-order chi connectivity index (χ0) is 15.3. The SMILES string of the molecule is Cc1cccc(C(=O)NCCCN(C)S(C)(=O)=O)c1I. The number of halogens is 1. The van der Waals surface area contributed by atoms with Crippen LogP contribution in [0.2, 0.25) is 0 Å². The average Bonchev–Trinajstić information content (AvgIpc) is 2.36. The zero-order valence-electron chi connectivity index (χ0n) is 11.8. The van der Waals surface area contributed by atoms with Gasteiger partial charge in [-0.1, -0.05) is 12.1 Å². The second kappa shape index (κ2) is 7.37. The van der Waals surface area contributed by atoms with E-state index in [1.807, 2.05) is 19.1 Å². The van der Waals surface area contributed by atoms with Crippen LogP contribution in [0.3, 0.4) is 0 Å². The van der Waals surface area contributed by atoms with Gasteiger partial charge in [0.25, 0.3) is 5.91 Å². The van der Waals surface area contributed by atoms with E-state index >= 15 is 0 Å². The Labute approximate surface area is 133 Å². The molecule has 20 heavy (non-hydrogen) atoms. The van der Waals surface area contributed by atoms with Crippen LogP contribution in [0.25, 0.3) is 0 Å². The first-order chi connectivity index (χ1) is 9.23. The van der Waals surface area contributed by atoms with Crippen LogP contribution in [-0.4, -0.2) is 45.0 Å². The number of carbonyl (C=O) groups excluding carboxylic acids is 1. The Kier molecular flexibility index (Phi) is 6.41. The van der Waals surface area contributed by atoms with Crippen molar-refractivity contribution < 1.29 is 13.2 Å². The van der Waals surface area contributed by atoms with Crippen molar-refractivity contribution in [2.45, 2.75) is 13.3 Å². The lowest BCUT2D eigenvalue weighted by Gasteiger charge is -2.14. The monoisotopic (exact) mass is 410 g/mol. The molecule has 0 bridgehead atoms. The summed E-state index contributed by atoms with van der Waals surface area (Å²) in [5, 5.41) is 2.81. The van der Waals surface area contributed by atoms with Crippen molar-refractivity contribution >= 4 is 38.5 Å². The highest BCUT2D eigenvalue weighted by atomic mass is 127. The summed E-state index contributed by atoms with van der Waals surface area (Å²) in [5.41, 5.74) is 1.72. The van der Waals surface area contributed by atoms with Gasteiger partial charge in [-0.15, -0.1) is 0 Å². The molecule has 0 saturated heterocycles. The van der Waals surface area contributed by atoms with Gasteiger partial charge >= 0.3 is 0 Å². The standard InChI is InChI=1S/C13H19IN2O3S/c1-10-6-4-7-11(12(10)14)13(17)15-8-5-9-16(2)20(3,18)19/h4,6-7H,5,8-9H2,1-3H3,(H,15,17). The summed E-state index contributed by atoms with van der Waals surface area (Å²) < 4.78 is 24.6. The Bertz CT molecular complexity index is 587. The number of carbonyl (C=O) groups is 1. The number of benzene rings is 1. The lowest BCUT2D eigenvalue weighted by atomic mass is 10.1. The molecule has 0 unspecified atom stereocenters. The van der Waals surface area contributed by atoms with Crippen molar-refractivity contribution in [3.63, 3.8) is 0 Å². The van der Waals surface area contributed by atoms with Gasteiger partial charge in [-0.25, -0.2) is 12.7 Å². The quantitative estimate of drug-likeness (QED) is 0.573. The molecule has 1 aromatic rings. The fraction of sp³-hybridized carbons (Fsp3) is 0.462. The van der Waals surface area contributed by atoms with Crippen LogP contribution in [0.5, 0.6) is 0 Å². The van der Waals surface area contributed by atoms with Crippen LogP contribution in [0.15, 0.2) is 18.2 Å². The van der Waals surface area contributed by atoms with E-state index in [1.54, 1.807) is 6.07 Å². The van der Waals surface area contributed by atoms with E-state index in [9.17, 15) is 13.2 Å². The van der Waals surface area contributed by atoms with Gasteiger partial charge in [0.15, 0.2) is 0 Å². The summed E-state index contributed by atoms with van der Waals surface area (Å²) in [6.07, 6.45) is 1.75. The molecule has 1 aromatic carbocycles. The summed E-state index contributed by atoms with van der Waals surface area (Å²) in [7, 11) is -1.62. The maximum Gasteiger partial charge on any atom is 0.252 e. The molecular weight excluding hydrogens is 391 g/mol. The second-order valence-corrected chi connectivity index (χ2v) is 7.80. The number of hydrogen-bond donors (Lipinski definition) is 1. The Morgan fingerprint density at radius 2 is 2.05 bits per heavy atom. The van der Waals surface area contributed by atoms with Crippen molar-refractivity contribution in [2.75, 3.05) is 26.4 Å². The van der Waals surface area contributed by atoms with E-state index in [0.717, 1.165) is 9.13 Å². The fourth-order valence-electron chi connectivity index (χ4n) is 1.59. The Balaban J connectivity index is 2.47. The second-order valence-electron chi connectivity index (χ2n) is 4.63. The molecule has 0 atom stereocenters. The molecule has 1 rings (SSSR count). The van der Waals surface area contributed by atoms with Gasteiger partial charge < -0.3 is 5.32 Å². The normalized spacial score (nSPS) is 11.7. The molecule has 112 valence electrons. The van der Waals surface area contributed by atoms with Crippen LogP contribution < -0.4 is 5.32 Å². The molecule has 1 N–H and O–H groups in total. The van der Waals surface area contributed by atoms with Gasteiger partial charge in [-0.2, -0.15) is 0 Å². The van der Waals surface area contributed by atoms with E-state index < -0.39 is 10.0 Å². The number of nitrogens with zero attached hydrogens (tertiary/aromatic N) is 1. The number of rotatable bonds is 6. The number of sulfonamides is 1. The first-order valence-corrected chi connectivity index (χ1v) is 9.11. The van der Waals surface area contributed by atoms with E-state index in [2.05, 4.69) is 27.9 Å². The Morgan fingerprint density at radius 3 is 2.65 bits per heavy atom. The highest BCUT2D eigenvalue weighted by Gasteiger charge is 2.12. The molecule has 0 spiro atoms. The minimum atomic E-state index is -3.15. The smallest absolute Gasteiger partial charge is 0.252 e. The summed E-state index contributed by atoms with van der Waals surface area (Å²) in [6, 6.07) is 5.59. The number of amides is 1. The van der Waals surface area contributed by atoms with Crippen molar-refractivity contribution in [1.29, 1.82) is 0 Å². The molecule has 0 fully saturated rings. The van der Waals surface area contributed by atoms with Gasteiger partial charge in [0, 0.05) is 23.7 Å². The Morgan fingerprint density at radius 1 is 1.40 bits per heavy atom. The van der Waals surface area contributed by atoms with Crippen molar-refractivity contribution in [3.8, 4) is 0 Å². The summed E-state index contributed by atoms with van der Waals surface area (Å²) in [6.45, 7) is 2.80. The first kappa shape index (κ1) is 17.4. The third kappa shape index (κ3) is 5.02. The van der Waals surface area contributed by atoms with Crippen molar-refractivity contribution in [3.05, 3.63) is 32.9 Å². The molecule has 1 amide bonds. The lowest BCUT2D eigenvalue weighted by molar-refractivity contribution is 0.0952. The highest BCUT2D eigenvalue weighted by molar-refractivity contribution is 14.1. The molecule has 0 radical (unpaired) electrons. The summed E-state index contributed by atoms with van der Waals surface area (Å²) in [5.74, 6) is -0.125. The van der Waals surface area contributed by atoms with Crippen molar-refractivity contribution in [1.82, 2.24) is 9.62 Å². The van der Waals surface area contributed by atoms with Crippen LogP contribution in [0.4, 0.5) is 0 Å². The molecule has 0 aromatic heterocycles. The van der Waals surface area contributed by atoms with Gasteiger partial charge in [-0.05, 0) is 47.6 Å². The number of nitrogens with one attached hydrogen (secondary N) is 1. The van der Waals surface area contributed by atoms with Gasteiger partial charge in [0.2, 0.25) is 10.0 Å². The van der Waals surface area contributed by atoms with Gasteiger partial charge in [-0.3, -0.25) is 4.79 Å². The minimum absolute atomic E-state index is 0.125. The maximum absolute atomic E-state index is 12.0. The van der Waals surface area contributed by atoms with E-state index in [0.29, 0.717) is 25.1 Å². The molecule has 0 heterocycles. The first-order valence-electron chi connectivity index (χ1n) is 6.18. The third-order valence-electron chi connectivity index (χ3n) is 2.94. The maximum atomic E-state index is 12.0.